The van der Waals surface area contributed by atoms with E-state index >= 15 is 0 Å². The van der Waals surface area contributed by atoms with Crippen LogP contribution in [0.2, 0.25) is 0 Å². The minimum Gasteiger partial charge on any atom is -0.294 e. The van der Waals surface area contributed by atoms with Gasteiger partial charge in [-0.05, 0) is 36.8 Å². The smallest absolute Gasteiger partial charge is 0.272 e. The Labute approximate surface area is 130 Å². The molecule has 22 heavy (non-hydrogen) atoms. The van der Waals surface area contributed by atoms with Gasteiger partial charge in [0.15, 0.2) is 11.4 Å². The summed E-state index contributed by atoms with van der Waals surface area (Å²) in [7, 11) is 0. The van der Waals surface area contributed by atoms with Crippen LogP contribution in [-0.4, -0.2) is 20.4 Å². The third-order valence-electron chi connectivity index (χ3n) is 3.93. The maximum atomic E-state index is 12.2. The number of carbonyl (C=O) groups excluding carboxylic acids is 1. The van der Waals surface area contributed by atoms with Gasteiger partial charge in [0.1, 0.15) is 0 Å². The molecule has 112 valence electrons. The highest BCUT2D eigenvalue weighted by molar-refractivity contribution is 7.12. The highest BCUT2D eigenvalue weighted by atomic mass is 32.1. The summed E-state index contributed by atoms with van der Waals surface area (Å²) < 4.78 is 1.51. The van der Waals surface area contributed by atoms with E-state index in [2.05, 4.69) is 10.1 Å². The molecule has 3 aromatic rings. The van der Waals surface area contributed by atoms with Crippen molar-refractivity contribution >= 4 is 22.8 Å². The molecule has 0 amide bonds. The highest BCUT2D eigenvalue weighted by Gasteiger charge is 2.25. The molecule has 3 heterocycles. The van der Waals surface area contributed by atoms with Crippen molar-refractivity contribution in [3.8, 4) is 0 Å². The number of aromatic amines is 1. The summed E-state index contributed by atoms with van der Waals surface area (Å²) in [5, 5.41) is 5.09. The van der Waals surface area contributed by atoms with E-state index in [0.717, 1.165) is 21.8 Å². The van der Waals surface area contributed by atoms with Crippen LogP contribution in [0.3, 0.4) is 0 Å². The van der Waals surface area contributed by atoms with E-state index in [1.807, 2.05) is 17.5 Å². The van der Waals surface area contributed by atoms with Crippen molar-refractivity contribution in [3.63, 3.8) is 0 Å². The molecule has 1 aliphatic rings. The number of rotatable bonds is 4. The number of H-pyrrole nitrogens is 1. The third-order valence-corrected chi connectivity index (χ3v) is 5.01. The largest absolute Gasteiger partial charge is 0.294 e. The lowest BCUT2D eigenvalue weighted by atomic mass is 10.1. The van der Waals surface area contributed by atoms with Gasteiger partial charge in [-0.15, -0.1) is 11.3 Å². The minimum atomic E-state index is -0.0890. The molecule has 1 aliphatic carbocycles. The quantitative estimate of drug-likeness (QED) is 0.753. The van der Waals surface area contributed by atoms with Crippen LogP contribution in [0.1, 0.15) is 52.3 Å². The van der Waals surface area contributed by atoms with E-state index < -0.39 is 0 Å². The summed E-state index contributed by atoms with van der Waals surface area (Å²) in [5.41, 5.74) is 3.43. The Bertz CT molecular complexity index is 930. The standard InChI is InChI=1S/C16H15N3O2S/c1-9(20)14-5-10(8-22-14)4-12-6-16(21)19-15(17-12)7-13(18-19)11-2-3-11/h5-8,11,18H,2-4H2,1H3. The Balaban J connectivity index is 1.68. The van der Waals surface area contributed by atoms with Gasteiger partial charge in [0.2, 0.25) is 0 Å². The van der Waals surface area contributed by atoms with Crippen LogP contribution in [0.4, 0.5) is 0 Å². The number of aromatic nitrogens is 3. The predicted molar refractivity (Wildman–Crippen MR) is 84.9 cm³/mol. The van der Waals surface area contributed by atoms with Crippen LogP contribution >= 0.6 is 11.3 Å². The number of hydrogen-bond donors (Lipinski definition) is 1. The molecular weight excluding hydrogens is 298 g/mol. The molecule has 1 N–H and O–H groups in total. The zero-order chi connectivity index (χ0) is 15.3. The van der Waals surface area contributed by atoms with Crippen LogP contribution in [-0.2, 0) is 6.42 Å². The van der Waals surface area contributed by atoms with E-state index in [1.165, 1.54) is 28.7 Å². The number of fused-ring (bicyclic) bond motifs is 1. The zero-order valence-corrected chi connectivity index (χ0v) is 12.9. The second-order valence-electron chi connectivity index (χ2n) is 5.82. The summed E-state index contributed by atoms with van der Waals surface area (Å²) in [5.74, 6) is 0.624. The fourth-order valence-electron chi connectivity index (χ4n) is 2.62. The second kappa shape index (κ2) is 4.91. The monoisotopic (exact) mass is 313 g/mol. The Morgan fingerprint density at radius 2 is 2.23 bits per heavy atom. The molecule has 6 heteroatoms. The lowest BCUT2D eigenvalue weighted by molar-refractivity contribution is 0.102. The normalized spacial score (nSPS) is 14.6. The van der Waals surface area contributed by atoms with E-state index in [4.69, 9.17) is 0 Å². The maximum absolute atomic E-state index is 12.2. The Hall–Kier alpha value is -2.21. The molecule has 0 saturated heterocycles. The lowest BCUT2D eigenvalue weighted by Crippen LogP contribution is -2.15. The molecule has 0 atom stereocenters. The minimum absolute atomic E-state index is 0.0689. The molecule has 5 nitrogen and oxygen atoms in total. The van der Waals surface area contributed by atoms with Crippen molar-refractivity contribution in [2.45, 2.75) is 32.1 Å². The number of carbonyl (C=O) groups is 1. The van der Waals surface area contributed by atoms with Gasteiger partial charge in [-0.25, -0.2) is 9.50 Å². The molecule has 3 aromatic heterocycles. The molecule has 0 aromatic carbocycles. The van der Waals surface area contributed by atoms with Crippen LogP contribution in [0.5, 0.6) is 0 Å². The molecule has 1 saturated carbocycles. The first-order chi connectivity index (χ1) is 10.6. The molecule has 0 radical (unpaired) electrons. The van der Waals surface area contributed by atoms with Gasteiger partial charge in [0.25, 0.3) is 5.56 Å². The highest BCUT2D eigenvalue weighted by Crippen LogP contribution is 2.39. The van der Waals surface area contributed by atoms with Gasteiger partial charge in [0.05, 0.1) is 10.6 Å². The molecule has 4 rings (SSSR count). The van der Waals surface area contributed by atoms with Crippen LogP contribution in [0.25, 0.3) is 5.65 Å². The van der Waals surface area contributed by atoms with Crippen LogP contribution in [0.15, 0.2) is 28.4 Å². The van der Waals surface area contributed by atoms with Gasteiger partial charge in [-0.3, -0.25) is 14.7 Å². The average molecular weight is 313 g/mol. The number of hydrogen-bond acceptors (Lipinski definition) is 4. The number of Topliss-reactive ketones (excluding diaryl/α,β-unsaturated/α-hetero) is 1. The van der Waals surface area contributed by atoms with Crippen molar-refractivity contribution in [3.05, 3.63) is 55.8 Å². The van der Waals surface area contributed by atoms with E-state index in [-0.39, 0.29) is 11.3 Å². The maximum Gasteiger partial charge on any atom is 0.272 e. The van der Waals surface area contributed by atoms with E-state index in [9.17, 15) is 9.59 Å². The SMILES string of the molecule is CC(=O)c1cc(Cc2cc(=O)n3[nH]c(C4CC4)cc3n2)cs1. The summed E-state index contributed by atoms with van der Waals surface area (Å²) >= 11 is 1.43. The van der Waals surface area contributed by atoms with Crippen molar-refractivity contribution in [1.29, 1.82) is 0 Å². The van der Waals surface area contributed by atoms with Gasteiger partial charge in [-0.2, -0.15) is 0 Å². The predicted octanol–water partition coefficient (Wildman–Crippen LogP) is 2.75. The van der Waals surface area contributed by atoms with Crippen molar-refractivity contribution in [2.24, 2.45) is 0 Å². The third kappa shape index (κ3) is 2.39. The molecule has 0 aliphatic heterocycles. The van der Waals surface area contributed by atoms with Gasteiger partial charge >= 0.3 is 0 Å². The summed E-state index contributed by atoms with van der Waals surface area (Å²) in [4.78, 5) is 28.9. The van der Waals surface area contributed by atoms with Crippen LogP contribution in [0, 0.1) is 0 Å². The molecule has 0 unspecified atom stereocenters. The van der Waals surface area contributed by atoms with E-state index in [1.54, 1.807) is 13.0 Å². The lowest BCUT2D eigenvalue weighted by Gasteiger charge is -1.99. The molecule has 0 bridgehead atoms. The fraction of sp³-hybridized carbons (Fsp3) is 0.312. The molecule has 0 spiro atoms. The Morgan fingerprint density at radius 3 is 2.91 bits per heavy atom. The average Bonchev–Trinajstić information content (AvgIpc) is 3.05. The first-order valence-electron chi connectivity index (χ1n) is 7.30. The van der Waals surface area contributed by atoms with Gasteiger partial charge in [-0.1, -0.05) is 0 Å². The molecule has 1 fully saturated rings. The Morgan fingerprint density at radius 1 is 1.41 bits per heavy atom. The van der Waals surface area contributed by atoms with Crippen molar-refractivity contribution in [2.75, 3.05) is 0 Å². The van der Waals surface area contributed by atoms with Gasteiger partial charge in [0, 0.05) is 30.2 Å². The fourth-order valence-corrected chi connectivity index (χ4v) is 3.43. The summed E-state index contributed by atoms with van der Waals surface area (Å²) in [6, 6.07) is 5.41. The van der Waals surface area contributed by atoms with Gasteiger partial charge < -0.3 is 0 Å². The molecular formula is C16H15N3O2S. The number of nitrogens with zero attached hydrogens (tertiary/aromatic N) is 2. The van der Waals surface area contributed by atoms with E-state index in [0.29, 0.717) is 18.0 Å². The van der Waals surface area contributed by atoms with Crippen LogP contribution < -0.4 is 5.56 Å². The summed E-state index contributed by atoms with van der Waals surface area (Å²) in [6.45, 7) is 1.56. The number of nitrogens with one attached hydrogen (secondary N) is 1. The number of ketones is 1. The topological polar surface area (TPSA) is 67.2 Å². The summed E-state index contributed by atoms with van der Waals surface area (Å²) in [6.07, 6.45) is 2.92. The second-order valence-corrected chi connectivity index (χ2v) is 6.73. The van der Waals surface area contributed by atoms with Crippen molar-refractivity contribution < 1.29 is 4.79 Å². The first-order valence-corrected chi connectivity index (χ1v) is 8.18. The Kier molecular flexibility index (Phi) is 3.00. The van der Waals surface area contributed by atoms with Crippen molar-refractivity contribution in [1.82, 2.24) is 14.6 Å². The zero-order valence-electron chi connectivity index (χ0n) is 12.1. The first kappa shape index (κ1) is 13.5. The number of thiophene rings is 1.